The zero-order valence-corrected chi connectivity index (χ0v) is 10.5. The second kappa shape index (κ2) is 5.37. The summed E-state index contributed by atoms with van der Waals surface area (Å²) in [6.07, 6.45) is 1.59. The summed E-state index contributed by atoms with van der Waals surface area (Å²) in [5, 5.41) is 12.0. The molecule has 0 bridgehead atoms. The Balaban J connectivity index is 1.95. The molecule has 19 heavy (non-hydrogen) atoms. The molecule has 2 aromatic heterocycles. The quantitative estimate of drug-likeness (QED) is 0.690. The number of aromatic nitrogens is 4. The van der Waals surface area contributed by atoms with Crippen molar-refractivity contribution in [2.24, 2.45) is 0 Å². The lowest BCUT2D eigenvalue weighted by molar-refractivity contribution is 0.122. The van der Waals surface area contributed by atoms with E-state index < -0.39 is 0 Å². The molecule has 0 saturated carbocycles. The fraction of sp³-hybridized carbons (Fsp3) is 0.545. The van der Waals surface area contributed by atoms with Gasteiger partial charge in [-0.1, -0.05) is 0 Å². The van der Waals surface area contributed by atoms with E-state index in [0.29, 0.717) is 37.2 Å². The van der Waals surface area contributed by atoms with Gasteiger partial charge in [0.05, 0.1) is 26.1 Å². The molecule has 1 aliphatic rings. The summed E-state index contributed by atoms with van der Waals surface area (Å²) in [5.41, 5.74) is 1.38. The molecule has 0 amide bonds. The highest BCUT2D eigenvalue weighted by Crippen LogP contribution is 2.21. The highest BCUT2D eigenvalue weighted by atomic mass is 16.5. The molecule has 1 aliphatic heterocycles. The normalized spacial score (nSPS) is 15.9. The van der Waals surface area contributed by atoms with Crippen LogP contribution in [0.15, 0.2) is 6.33 Å². The van der Waals surface area contributed by atoms with E-state index in [0.717, 1.165) is 18.6 Å². The molecular weight excluding hydrogens is 248 g/mol. The van der Waals surface area contributed by atoms with Crippen molar-refractivity contribution in [3.8, 4) is 0 Å². The van der Waals surface area contributed by atoms with E-state index in [1.54, 1.807) is 6.33 Å². The molecule has 8 nitrogen and oxygen atoms in total. The van der Waals surface area contributed by atoms with Crippen LogP contribution < -0.4 is 10.2 Å². The van der Waals surface area contributed by atoms with Gasteiger partial charge >= 0.3 is 0 Å². The van der Waals surface area contributed by atoms with Gasteiger partial charge in [-0.15, -0.1) is 0 Å². The Morgan fingerprint density at radius 3 is 3.00 bits per heavy atom. The lowest BCUT2D eigenvalue weighted by Gasteiger charge is -2.26. The van der Waals surface area contributed by atoms with Gasteiger partial charge in [-0.2, -0.15) is 9.97 Å². The van der Waals surface area contributed by atoms with Crippen molar-refractivity contribution in [1.29, 1.82) is 0 Å². The number of nitrogens with one attached hydrogen (secondary N) is 2. The van der Waals surface area contributed by atoms with Gasteiger partial charge in [0.15, 0.2) is 11.5 Å². The van der Waals surface area contributed by atoms with Gasteiger partial charge < -0.3 is 25.0 Å². The van der Waals surface area contributed by atoms with E-state index in [2.05, 4.69) is 30.2 Å². The summed E-state index contributed by atoms with van der Waals surface area (Å²) in [7, 11) is 0. The molecule has 2 aromatic rings. The number of rotatable bonds is 4. The summed E-state index contributed by atoms with van der Waals surface area (Å²) in [6.45, 7) is 3.40. The number of aliphatic hydroxyl groups is 1. The number of aromatic amines is 1. The van der Waals surface area contributed by atoms with Crippen LogP contribution in [0.5, 0.6) is 0 Å². The molecule has 1 fully saturated rings. The molecule has 0 atom stereocenters. The molecule has 0 aliphatic carbocycles. The minimum absolute atomic E-state index is 0.0481. The monoisotopic (exact) mass is 264 g/mol. The molecule has 0 spiro atoms. The third kappa shape index (κ3) is 2.45. The Morgan fingerprint density at radius 2 is 2.21 bits per heavy atom. The first-order chi connectivity index (χ1) is 9.38. The Hall–Kier alpha value is -1.93. The van der Waals surface area contributed by atoms with Crippen molar-refractivity contribution in [1.82, 2.24) is 19.9 Å². The Bertz CT molecular complexity index is 551. The van der Waals surface area contributed by atoms with Crippen molar-refractivity contribution in [3.05, 3.63) is 6.33 Å². The van der Waals surface area contributed by atoms with E-state index in [-0.39, 0.29) is 6.61 Å². The van der Waals surface area contributed by atoms with Gasteiger partial charge in [-0.05, 0) is 0 Å². The smallest absolute Gasteiger partial charge is 0.229 e. The zero-order valence-electron chi connectivity index (χ0n) is 10.5. The number of nitrogens with zero attached hydrogens (tertiary/aromatic N) is 4. The first-order valence-corrected chi connectivity index (χ1v) is 6.27. The average molecular weight is 264 g/mol. The zero-order chi connectivity index (χ0) is 13.1. The minimum atomic E-state index is 0.0481. The van der Waals surface area contributed by atoms with E-state index in [1.807, 2.05) is 0 Å². The molecule has 3 rings (SSSR count). The number of ether oxygens (including phenoxy) is 1. The van der Waals surface area contributed by atoms with Crippen LogP contribution in [0.25, 0.3) is 11.2 Å². The van der Waals surface area contributed by atoms with Crippen molar-refractivity contribution in [2.45, 2.75) is 0 Å². The van der Waals surface area contributed by atoms with Gasteiger partial charge in [0.1, 0.15) is 5.52 Å². The summed E-state index contributed by atoms with van der Waals surface area (Å²) in [6, 6.07) is 0. The lowest BCUT2D eigenvalue weighted by Crippen LogP contribution is -2.37. The summed E-state index contributed by atoms with van der Waals surface area (Å²) >= 11 is 0. The first kappa shape index (κ1) is 12.1. The predicted octanol–water partition coefficient (Wildman–Crippen LogP) is -0.406. The number of anilines is 2. The van der Waals surface area contributed by atoms with Gasteiger partial charge in [0.2, 0.25) is 5.95 Å². The molecule has 0 aromatic carbocycles. The van der Waals surface area contributed by atoms with Gasteiger partial charge in [-0.25, -0.2) is 4.98 Å². The van der Waals surface area contributed by atoms with Crippen LogP contribution in [0.3, 0.4) is 0 Å². The summed E-state index contributed by atoms with van der Waals surface area (Å²) in [5.74, 6) is 1.31. The number of hydrogen-bond donors (Lipinski definition) is 3. The number of morpholine rings is 1. The van der Waals surface area contributed by atoms with Crippen LogP contribution in [0.1, 0.15) is 0 Å². The molecule has 0 radical (unpaired) electrons. The molecule has 8 heteroatoms. The number of imidazole rings is 1. The van der Waals surface area contributed by atoms with Gasteiger partial charge in [0.25, 0.3) is 0 Å². The molecule has 102 valence electrons. The molecule has 3 N–H and O–H groups in total. The first-order valence-electron chi connectivity index (χ1n) is 6.27. The maximum Gasteiger partial charge on any atom is 0.229 e. The Morgan fingerprint density at radius 1 is 1.37 bits per heavy atom. The maximum atomic E-state index is 8.91. The Labute approximate surface area is 109 Å². The van der Waals surface area contributed by atoms with E-state index in [1.165, 1.54) is 0 Å². The fourth-order valence-corrected chi connectivity index (χ4v) is 2.03. The minimum Gasteiger partial charge on any atom is -0.395 e. The standard InChI is InChI=1S/C11H16N6O2/c18-4-1-12-9-8-10(14-7-13-8)16-11(15-9)17-2-5-19-6-3-17/h7,18H,1-6H2,(H2,12,13,14,15,16). The second-order valence-corrected chi connectivity index (χ2v) is 4.22. The van der Waals surface area contributed by atoms with Crippen LogP contribution in [-0.4, -0.2) is 64.5 Å². The molecular formula is C11H16N6O2. The van der Waals surface area contributed by atoms with Crippen LogP contribution in [0.2, 0.25) is 0 Å². The van der Waals surface area contributed by atoms with E-state index in [4.69, 9.17) is 9.84 Å². The van der Waals surface area contributed by atoms with Crippen molar-refractivity contribution < 1.29 is 9.84 Å². The Kier molecular flexibility index (Phi) is 3.43. The van der Waals surface area contributed by atoms with Crippen LogP contribution >= 0.6 is 0 Å². The largest absolute Gasteiger partial charge is 0.395 e. The summed E-state index contributed by atoms with van der Waals surface area (Å²) < 4.78 is 5.32. The van der Waals surface area contributed by atoms with Crippen LogP contribution in [0, 0.1) is 0 Å². The second-order valence-electron chi connectivity index (χ2n) is 4.22. The van der Waals surface area contributed by atoms with Gasteiger partial charge in [0, 0.05) is 19.6 Å². The van der Waals surface area contributed by atoms with E-state index in [9.17, 15) is 0 Å². The third-order valence-electron chi connectivity index (χ3n) is 2.97. The summed E-state index contributed by atoms with van der Waals surface area (Å²) in [4.78, 5) is 18.2. The molecule has 0 unspecified atom stereocenters. The van der Waals surface area contributed by atoms with E-state index >= 15 is 0 Å². The highest BCUT2D eigenvalue weighted by molar-refractivity contribution is 5.83. The number of hydrogen-bond acceptors (Lipinski definition) is 7. The number of aliphatic hydroxyl groups excluding tert-OH is 1. The molecule has 1 saturated heterocycles. The van der Waals surface area contributed by atoms with Crippen molar-refractivity contribution in [2.75, 3.05) is 49.7 Å². The number of fused-ring (bicyclic) bond motifs is 1. The predicted molar refractivity (Wildman–Crippen MR) is 70.3 cm³/mol. The SMILES string of the molecule is OCCNc1nc(N2CCOCC2)nc2nc[nH]c12. The topological polar surface area (TPSA) is 99.2 Å². The number of H-pyrrole nitrogens is 1. The van der Waals surface area contributed by atoms with Gasteiger partial charge in [-0.3, -0.25) is 0 Å². The van der Waals surface area contributed by atoms with Crippen LogP contribution in [-0.2, 0) is 4.74 Å². The highest BCUT2D eigenvalue weighted by Gasteiger charge is 2.17. The van der Waals surface area contributed by atoms with Crippen LogP contribution in [0.4, 0.5) is 11.8 Å². The van der Waals surface area contributed by atoms with Crippen molar-refractivity contribution in [3.63, 3.8) is 0 Å². The maximum absolute atomic E-state index is 8.91. The fourth-order valence-electron chi connectivity index (χ4n) is 2.03. The lowest BCUT2D eigenvalue weighted by atomic mass is 10.4. The van der Waals surface area contributed by atoms with Crippen molar-refractivity contribution >= 4 is 22.9 Å². The molecule has 3 heterocycles. The third-order valence-corrected chi connectivity index (χ3v) is 2.97. The average Bonchev–Trinajstić information content (AvgIpc) is 2.94.